The van der Waals surface area contributed by atoms with Gasteiger partial charge in [0, 0.05) is 11.4 Å². The third kappa shape index (κ3) is 3.41. The normalized spacial score (nSPS) is 23.5. The molecule has 6 nitrogen and oxygen atoms in total. The summed E-state index contributed by atoms with van der Waals surface area (Å²) in [6.45, 7) is 5.67. The molecule has 0 spiro atoms. The van der Waals surface area contributed by atoms with Gasteiger partial charge in [-0.15, -0.1) is 11.3 Å². The Kier molecular flexibility index (Phi) is 4.57. The van der Waals surface area contributed by atoms with Gasteiger partial charge in [-0.25, -0.2) is 4.68 Å². The van der Waals surface area contributed by atoms with Crippen molar-refractivity contribution in [1.29, 1.82) is 0 Å². The minimum Gasteiger partial charge on any atom is -0.390 e. The Labute approximate surface area is 152 Å². The van der Waals surface area contributed by atoms with Crippen LogP contribution in [-0.4, -0.2) is 32.4 Å². The molecule has 1 aliphatic carbocycles. The molecule has 0 bridgehead atoms. The van der Waals surface area contributed by atoms with Crippen molar-refractivity contribution in [3.05, 3.63) is 25.9 Å². The predicted molar refractivity (Wildman–Crippen MR) is 97.5 cm³/mol. The molecule has 1 saturated carbocycles. The summed E-state index contributed by atoms with van der Waals surface area (Å²) in [7, 11) is 0. The van der Waals surface area contributed by atoms with Crippen molar-refractivity contribution in [3.8, 4) is 0 Å². The summed E-state index contributed by atoms with van der Waals surface area (Å²) < 4.78 is 2.73. The van der Waals surface area contributed by atoms with Crippen molar-refractivity contribution in [2.75, 3.05) is 0 Å². The van der Waals surface area contributed by atoms with E-state index < -0.39 is 5.60 Å². The maximum absolute atomic E-state index is 12.6. The number of aliphatic hydroxyl groups is 1. The fourth-order valence-corrected chi connectivity index (χ4v) is 4.66. The number of halogens is 1. The van der Waals surface area contributed by atoms with E-state index in [0.29, 0.717) is 17.5 Å². The maximum atomic E-state index is 12.6. The molecule has 2 heterocycles. The minimum absolute atomic E-state index is 0.0348. The summed E-state index contributed by atoms with van der Waals surface area (Å²) in [5.74, 6) is -0.111. The lowest BCUT2D eigenvalue weighted by Crippen LogP contribution is -2.54. The minimum atomic E-state index is -0.694. The van der Waals surface area contributed by atoms with Gasteiger partial charge < -0.3 is 10.4 Å². The molecule has 3 rings (SSSR count). The first-order valence-electron chi connectivity index (χ1n) is 7.88. The lowest BCUT2D eigenvalue weighted by Gasteiger charge is -2.41. The predicted octanol–water partition coefficient (Wildman–Crippen LogP) is 2.37. The zero-order chi connectivity index (χ0) is 17.6. The Balaban J connectivity index is 1.85. The van der Waals surface area contributed by atoms with Crippen LogP contribution < -0.4 is 10.9 Å². The Morgan fingerprint density at radius 1 is 1.58 bits per heavy atom. The molecule has 2 aromatic heterocycles. The fourth-order valence-electron chi connectivity index (χ4n) is 3.10. The Morgan fingerprint density at radius 2 is 2.25 bits per heavy atom. The van der Waals surface area contributed by atoms with Crippen molar-refractivity contribution in [2.24, 2.45) is 0 Å². The molecule has 2 aromatic rings. The number of hydrogen-bond acceptors (Lipinski definition) is 5. The number of rotatable bonds is 4. The summed E-state index contributed by atoms with van der Waals surface area (Å²) in [5, 5.41) is 17.8. The molecule has 0 aromatic carbocycles. The molecule has 2 N–H and O–H groups in total. The Bertz CT molecular complexity index is 848. The van der Waals surface area contributed by atoms with Gasteiger partial charge in [0.1, 0.15) is 11.2 Å². The van der Waals surface area contributed by atoms with E-state index in [2.05, 4.69) is 26.3 Å². The summed E-state index contributed by atoms with van der Waals surface area (Å²) in [5.41, 5.74) is -0.133. The number of amides is 1. The van der Waals surface area contributed by atoms with Gasteiger partial charge in [-0.05, 0) is 47.7 Å². The fraction of sp³-hybridized carbons (Fsp3) is 0.562. The number of nitrogens with one attached hydrogen (secondary N) is 1. The number of hydrogen-bond donors (Lipinski definition) is 2. The van der Waals surface area contributed by atoms with Gasteiger partial charge in [0.2, 0.25) is 5.91 Å². The zero-order valence-electron chi connectivity index (χ0n) is 13.8. The van der Waals surface area contributed by atoms with Crippen LogP contribution in [0.2, 0.25) is 0 Å². The van der Waals surface area contributed by atoms with E-state index in [1.807, 2.05) is 19.9 Å². The number of fused-ring (bicyclic) bond motifs is 1. The van der Waals surface area contributed by atoms with Gasteiger partial charge in [0.25, 0.3) is 5.56 Å². The van der Waals surface area contributed by atoms with E-state index in [4.69, 9.17) is 0 Å². The van der Waals surface area contributed by atoms with Crippen LogP contribution in [0.3, 0.4) is 0 Å². The smallest absolute Gasteiger partial charge is 0.285 e. The van der Waals surface area contributed by atoms with Crippen LogP contribution in [0.1, 0.15) is 45.2 Å². The van der Waals surface area contributed by atoms with E-state index in [9.17, 15) is 14.7 Å². The molecule has 0 radical (unpaired) electrons. The van der Waals surface area contributed by atoms with Crippen molar-refractivity contribution in [3.63, 3.8) is 0 Å². The SMILES string of the molecule is CC(C)c1nn(CC(=O)NC2CC(C)(O)C2)c(=O)c2sc(Br)cc12. The number of carbonyl (C=O) groups is 1. The van der Waals surface area contributed by atoms with Gasteiger partial charge in [-0.2, -0.15) is 5.10 Å². The average Bonchev–Trinajstić information content (AvgIpc) is 2.81. The van der Waals surface area contributed by atoms with Crippen LogP contribution in [0, 0.1) is 0 Å². The van der Waals surface area contributed by atoms with Gasteiger partial charge in [-0.3, -0.25) is 9.59 Å². The first-order valence-corrected chi connectivity index (χ1v) is 9.49. The molecule has 130 valence electrons. The van der Waals surface area contributed by atoms with Crippen LogP contribution in [0.4, 0.5) is 0 Å². The first kappa shape index (κ1) is 17.6. The maximum Gasteiger partial charge on any atom is 0.285 e. The molecule has 0 atom stereocenters. The second-order valence-electron chi connectivity index (χ2n) is 6.97. The van der Waals surface area contributed by atoms with Crippen LogP contribution in [-0.2, 0) is 11.3 Å². The first-order chi connectivity index (χ1) is 11.2. The highest BCUT2D eigenvalue weighted by Crippen LogP contribution is 2.32. The van der Waals surface area contributed by atoms with Crippen molar-refractivity contribution in [1.82, 2.24) is 15.1 Å². The van der Waals surface area contributed by atoms with Gasteiger partial charge in [0.05, 0.1) is 15.1 Å². The van der Waals surface area contributed by atoms with Gasteiger partial charge >= 0.3 is 0 Å². The molecular weight excluding hydrogens is 394 g/mol. The second-order valence-corrected chi connectivity index (χ2v) is 9.40. The summed E-state index contributed by atoms with van der Waals surface area (Å²) in [6, 6.07) is 1.87. The zero-order valence-corrected chi connectivity index (χ0v) is 16.2. The highest BCUT2D eigenvalue weighted by atomic mass is 79.9. The van der Waals surface area contributed by atoms with E-state index in [-0.39, 0.29) is 30.0 Å². The van der Waals surface area contributed by atoms with Gasteiger partial charge in [-0.1, -0.05) is 13.8 Å². The van der Waals surface area contributed by atoms with Crippen LogP contribution >= 0.6 is 27.3 Å². The Hall–Kier alpha value is -1.25. The van der Waals surface area contributed by atoms with Crippen LogP contribution in [0.15, 0.2) is 14.6 Å². The van der Waals surface area contributed by atoms with E-state index >= 15 is 0 Å². The summed E-state index contributed by atoms with van der Waals surface area (Å²) in [4.78, 5) is 24.8. The molecule has 0 unspecified atom stereocenters. The van der Waals surface area contributed by atoms with Crippen molar-refractivity contribution < 1.29 is 9.90 Å². The second kappa shape index (κ2) is 6.24. The van der Waals surface area contributed by atoms with E-state index in [1.54, 1.807) is 6.92 Å². The van der Waals surface area contributed by atoms with Crippen LogP contribution in [0.25, 0.3) is 10.1 Å². The lowest BCUT2D eigenvalue weighted by atomic mass is 9.77. The quantitative estimate of drug-likeness (QED) is 0.805. The number of nitrogens with zero attached hydrogens (tertiary/aromatic N) is 2. The molecule has 0 aliphatic heterocycles. The molecule has 1 amide bonds. The lowest BCUT2D eigenvalue weighted by molar-refractivity contribution is -0.125. The number of thiophene rings is 1. The van der Waals surface area contributed by atoms with E-state index in [1.165, 1.54) is 16.0 Å². The number of carbonyl (C=O) groups excluding carboxylic acids is 1. The molecule has 8 heteroatoms. The topological polar surface area (TPSA) is 84.2 Å². The molecule has 0 saturated heterocycles. The van der Waals surface area contributed by atoms with E-state index in [0.717, 1.165) is 14.9 Å². The summed E-state index contributed by atoms with van der Waals surface area (Å²) >= 11 is 4.78. The number of aromatic nitrogens is 2. The summed E-state index contributed by atoms with van der Waals surface area (Å²) in [6.07, 6.45) is 1.07. The average molecular weight is 414 g/mol. The highest BCUT2D eigenvalue weighted by Gasteiger charge is 2.39. The van der Waals surface area contributed by atoms with Crippen LogP contribution in [0.5, 0.6) is 0 Å². The molecule has 24 heavy (non-hydrogen) atoms. The molecule has 1 aliphatic rings. The van der Waals surface area contributed by atoms with Crippen molar-refractivity contribution in [2.45, 2.75) is 57.7 Å². The third-order valence-corrected chi connectivity index (χ3v) is 5.84. The monoisotopic (exact) mass is 413 g/mol. The Morgan fingerprint density at radius 3 is 2.83 bits per heavy atom. The molecule has 1 fully saturated rings. The van der Waals surface area contributed by atoms with Gasteiger partial charge in [0.15, 0.2) is 0 Å². The third-order valence-electron chi connectivity index (χ3n) is 4.21. The van der Waals surface area contributed by atoms with Crippen molar-refractivity contribution >= 4 is 43.3 Å². The highest BCUT2D eigenvalue weighted by molar-refractivity contribution is 9.11. The largest absolute Gasteiger partial charge is 0.390 e. The standard InChI is InChI=1S/C16H20BrN3O3S/c1-8(2)13-10-4-11(17)24-14(10)15(22)20(19-13)7-12(21)18-9-5-16(3,23)6-9/h4,8-9,23H,5-7H2,1-3H3,(H,18,21). The molecular formula is C16H20BrN3O3S.